The predicted molar refractivity (Wildman–Crippen MR) is 141 cm³/mol. The van der Waals surface area contributed by atoms with E-state index in [0.717, 1.165) is 17.0 Å². The van der Waals surface area contributed by atoms with Crippen LogP contribution in [-0.2, 0) is 20.8 Å². The average Bonchev–Trinajstić information content (AvgIpc) is 2.98. The molecule has 3 N–H and O–H groups in total. The van der Waals surface area contributed by atoms with Gasteiger partial charge in [0.25, 0.3) is 5.91 Å². The number of benzene rings is 3. The number of nitrogens with one attached hydrogen (secondary N) is 1. The predicted octanol–water partition coefficient (Wildman–Crippen LogP) is 4.26. The number of hydrogen-bond acceptors (Lipinski definition) is 4. The van der Waals surface area contributed by atoms with Crippen LogP contribution < -0.4 is 16.0 Å². The second-order valence-electron chi connectivity index (χ2n) is 8.78. The van der Waals surface area contributed by atoms with Gasteiger partial charge >= 0.3 is 0 Å². The minimum atomic E-state index is -1.42. The van der Waals surface area contributed by atoms with Gasteiger partial charge < -0.3 is 11.1 Å². The standard InChI is InChI=1S/C27H22Cl2F2N4O3/c1-14(10-15-6-9-20(30)21(31)11-15)26(37)34-25-27(38)35(13-23(32)36)22-5-3-2-4-17(22)24(33-25)16-7-8-18(28)19(29)12-16/h2-9,11-12,14,25H,10,13H2,1H3,(H2,32,36)(H,34,37)/t14-,25?/m0/s1. The summed E-state index contributed by atoms with van der Waals surface area (Å²) in [6.45, 7) is 1.13. The summed E-state index contributed by atoms with van der Waals surface area (Å²) < 4.78 is 26.9. The molecule has 0 fully saturated rings. The summed E-state index contributed by atoms with van der Waals surface area (Å²) in [7, 11) is 0. The number of rotatable bonds is 7. The first-order chi connectivity index (χ1) is 18.0. The van der Waals surface area contributed by atoms with E-state index in [1.54, 1.807) is 49.4 Å². The first-order valence-corrected chi connectivity index (χ1v) is 12.3. The Bertz CT molecular complexity index is 1460. The zero-order valence-electron chi connectivity index (χ0n) is 20.1. The van der Waals surface area contributed by atoms with E-state index < -0.39 is 48.0 Å². The van der Waals surface area contributed by atoms with E-state index in [9.17, 15) is 23.2 Å². The molecule has 196 valence electrons. The summed E-state index contributed by atoms with van der Waals surface area (Å²) in [6, 6.07) is 15.0. The smallest absolute Gasteiger partial charge is 0.272 e. The Morgan fingerprint density at radius 3 is 2.47 bits per heavy atom. The highest BCUT2D eigenvalue weighted by Gasteiger charge is 2.34. The molecule has 3 aromatic rings. The quantitative estimate of drug-likeness (QED) is 0.452. The summed E-state index contributed by atoms with van der Waals surface area (Å²) in [6.07, 6.45) is -1.34. The highest BCUT2D eigenvalue weighted by molar-refractivity contribution is 6.42. The van der Waals surface area contributed by atoms with Crippen molar-refractivity contribution in [3.05, 3.63) is 99.0 Å². The summed E-state index contributed by atoms with van der Waals surface area (Å²) in [5.74, 6) is -4.75. The van der Waals surface area contributed by atoms with Gasteiger partial charge in [-0.2, -0.15) is 0 Å². The van der Waals surface area contributed by atoms with Gasteiger partial charge in [-0.1, -0.05) is 60.5 Å². The Morgan fingerprint density at radius 1 is 1.05 bits per heavy atom. The maximum absolute atomic E-state index is 13.6. The second kappa shape index (κ2) is 11.3. The highest BCUT2D eigenvalue weighted by Crippen LogP contribution is 2.30. The van der Waals surface area contributed by atoms with Gasteiger partial charge in [0.15, 0.2) is 11.6 Å². The van der Waals surface area contributed by atoms with E-state index in [-0.39, 0.29) is 11.4 Å². The molecule has 3 amide bonds. The van der Waals surface area contributed by atoms with E-state index in [2.05, 4.69) is 10.3 Å². The minimum Gasteiger partial charge on any atom is -0.368 e. The Labute approximate surface area is 227 Å². The molecule has 0 saturated heterocycles. The number of para-hydroxylation sites is 1. The van der Waals surface area contributed by atoms with Crippen LogP contribution in [0.5, 0.6) is 0 Å². The second-order valence-corrected chi connectivity index (χ2v) is 9.59. The molecule has 0 bridgehead atoms. The molecule has 1 unspecified atom stereocenters. The fourth-order valence-corrected chi connectivity index (χ4v) is 4.40. The third kappa shape index (κ3) is 5.84. The fraction of sp³-hybridized carbons (Fsp3) is 0.185. The number of amides is 3. The van der Waals surface area contributed by atoms with E-state index in [1.165, 1.54) is 6.07 Å². The number of anilines is 1. The lowest BCUT2D eigenvalue weighted by Gasteiger charge is -2.24. The summed E-state index contributed by atoms with van der Waals surface area (Å²) in [5.41, 5.74) is 7.57. The zero-order chi connectivity index (χ0) is 27.6. The molecule has 3 aromatic carbocycles. The Balaban J connectivity index is 1.72. The first-order valence-electron chi connectivity index (χ1n) is 11.5. The first kappa shape index (κ1) is 27.2. The SMILES string of the molecule is C[C@@H](Cc1ccc(F)c(F)c1)C(=O)NC1N=C(c2ccc(Cl)c(Cl)c2)c2ccccc2N(CC(N)=O)C1=O. The minimum absolute atomic E-state index is 0.0819. The largest absolute Gasteiger partial charge is 0.368 e. The summed E-state index contributed by atoms with van der Waals surface area (Å²) in [5, 5.41) is 3.20. The van der Waals surface area contributed by atoms with Gasteiger partial charge in [0.05, 0.1) is 21.4 Å². The van der Waals surface area contributed by atoms with Gasteiger partial charge in [-0.25, -0.2) is 13.8 Å². The van der Waals surface area contributed by atoms with Crippen LogP contribution >= 0.6 is 23.2 Å². The van der Waals surface area contributed by atoms with Crippen LogP contribution in [0.1, 0.15) is 23.6 Å². The number of nitrogens with zero attached hydrogens (tertiary/aromatic N) is 2. The van der Waals surface area contributed by atoms with Gasteiger partial charge in [0, 0.05) is 17.0 Å². The van der Waals surface area contributed by atoms with E-state index in [1.807, 2.05) is 0 Å². The van der Waals surface area contributed by atoms with E-state index in [0.29, 0.717) is 33.1 Å². The summed E-state index contributed by atoms with van der Waals surface area (Å²) in [4.78, 5) is 44.3. The molecule has 0 aliphatic carbocycles. The van der Waals surface area contributed by atoms with Crippen LogP contribution in [0.3, 0.4) is 0 Å². The molecule has 0 aromatic heterocycles. The number of carbonyl (C=O) groups excluding carboxylic acids is 3. The lowest BCUT2D eigenvalue weighted by atomic mass is 10.00. The van der Waals surface area contributed by atoms with Crippen LogP contribution in [0.4, 0.5) is 14.5 Å². The molecular weight excluding hydrogens is 537 g/mol. The highest BCUT2D eigenvalue weighted by atomic mass is 35.5. The van der Waals surface area contributed by atoms with Crippen LogP contribution in [0.2, 0.25) is 10.0 Å². The maximum Gasteiger partial charge on any atom is 0.272 e. The van der Waals surface area contributed by atoms with Crippen molar-refractivity contribution in [2.24, 2.45) is 16.6 Å². The van der Waals surface area contributed by atoms with E-state index in [4.69, 9.17) is 28.9 Å². The number of primary amides is 1. The molecule has 0 spiro atoms. The van der Waals surface area contributed by atoms with Crippen LogP contribution in [0, 0.1) is 17.6 Å². The van der Waals surface area contributed by atoms with Gasteiger partial charge in [0.2, 0.25) is 18.0 Å². The third-order valence-corrected chi connectivity index (χ3v) is 6.71. The lowest BCUT2D eigenvalue weighted by Crippen LogP contribution is -2.50. The van der Waals surface area contributed by atoms with Crippen LogP contribution in [0.25, 0.3) is 0 Å². The van der Waals surface area contributed by atoms with Crippen molar-refractivity contribution in [2.75, 3.05) is 11.4 Å². The number of fused-ring (bicyclic) bond motifs is 1. The van der Waals surface area contributed by atoms with Gasteiger partial charge in [-0.3, -0.25) is 19.3 Å². The molecule has 38 heavy (non-hydrogen) atoms. The van der Waals surface area contributed by atoms with Crippen molar-refractivity contribution in [1.29, 1.82) is 0 Å². The fourth-order valence-electron chi connectivity index (χ4n) is 4.11. The lowest BCUT2D eigenvalue weighted by molar-refractivity contribution is -0.129. The number of aliphatic imine (C=N–C) groups is 1. The van der Waals surface area contributed by atoms with Gasteiger partial charge in [0.1, 0.15) is 6.54 Å². The van der Waals surface area contributed by atoms with Crippen molar-refractivity contribution in [3.8, 4) is 0 Å². The topological polar surface area (TPSA) is 105 Å². The molecule has 0 saturated carbocycles. The van der Waals surface area contributed by atoms with Gasteiger partial charge in [-0.15, -0.1) is 0 Å². The number of nitrogens with two attached hydrogens (primary N) is 1. The Hall–Kier alpha value is -3.82. The van der Waals surface area contributed by atoms with Crippen molar-refractivity contribution in [3.63, 3.8) is 0 Å². The molecule has 7 nitrogen and oxygen atoms in total. The van der Waals surface area contributed by atoms with Crippen LogP contribution in [-0.4, -0.2) is 36.1 Å². The molecule has 0 radical (unpaired) electrons. The molecule has 11 heteroatoms. The molecular formula is C27H22Cl2F2N4O3. The number of benzodiazepines with no additional fused rings is 1. The molecule has 1 aliphatic heterocycles. The molecule has 1 aliphatic rings. The Morgan fingerprint density at radius 2 is 1.79 bits per heavy atom. The molecule has 4 rings (SSSR count). The number of halogens is 4. The third-order valence-electron chi connectivity index (χ3n) is 5.97. The number of carbonyl (C=O) groups is 3. The van der Waals surface area contributed by atoms with Crippen molar-refractivity contribution in [1.82, 2.24) is 5.32 Å². The van der Waals surface area contributed by atoms with E-state index >= 15 is 0 Å². The normalized spacial score (nSPS) is 15.8. The monoisotopic (exact) mass is 558 g/mol. The van der Waals surface area contributed by atoms with Crippen molar-refractivity contribution < 1.29 is 23.2 Å². The average molecular weight is 559 g/mol. The van der Waals surface area contributed by atoms with Crippen LogP contribution in [0.15, 0.2) is 65.7 Å². The Kier molecular flexibility index (Phi) is 8.08. The zero-order valence-corrected chi connectivity index (χ0v) is 21.6. The van der Waals surface area contributed by atoms with Gasteiger partial charge in [-0.05, 0) is 42.3 Å². The number of hydrogen-bond donors (Lipinski definition) is 2. The van der Waals surface area contributed by atoms with Crippen molar-refractivity contribution >= 4 is 52.3 Å². The molecule has 1 heterocycles. The maximum atomic E-state index is 13.6. The van der Waals surface area contributed by atoms with Crippen molar-refractivity contribution in [2.45, 2.75) is 19.5 Å². The summed E-state index contributed by atoms with van der Waals surface area (Å²) >= 11 is 12.3. The molecule has 2 atom stereocenters.